The van der Waals surface area contributed by atoms with E-state index in [1.807, 2.05) is 6.20 Å². The van der Waals surface area contributed by atoms with E-state index in [4.69, 9.17) is 0 Å². The molecule has 0 spiro atoms. The molecule has 1 aromatic heterocycles. The number of hydrogen-bond acceptors (Lipinski definition) is 3. The van der Waals surface area contributed by atoms with E-state index in [2.05, 4.69) is 70.6 Å². The summed E-state index contributed by atoms with van der Waals surface area (Å²) in [7, 11) is 0. The van der Waals surface area contributed by atoms with Crippen molar-refractivity contribution in [2.24, 2.45) is 5.92 Å². The van der Waals surface area contributed by atoms with E-state index in [-0.39, 0.29) is 0 Å². The molecule has 0 atom stereocenters. The number of aryl methyl sites for hydroxylation is 2. The summed E-state index contributed by atoms with van der Waals surface area (Å²) in [5.41, 5.74) is 2.93. The summed E-state index contributed by atoms with van der Waals surface area (Å²) >= 11 is 0. The molecule has 2 aromatic rings. The van der Waals surface area contributed by atoms with Gasteiger partial charge in [-0.25, -0.2) is 4.98 Å². The average molecular weight is 369 g/mol. The number of benzene rings is 1. The van der Waals surface area contributed by atoms with E-state index < -0.39 is 0 Å². The highest BCUT2D eigenvalue weighted by Crippen LogP contribution is 2.20. The predicted molar refractivity (Wildman–Crippen MR) is 113 cm³/mol. The Bertz CT molecular complexity index is 685. The molecule has 3 rings (SSSR count). The standard InChI is InChI=1S/C23H36N4/c1-4-25(19-23-24-13-17-27(23)5-2)18-21-10-14-26(15-11-21)16-12-22-9-7-6-8-20(22)3/h6-9,13,17,21H,4-5,10-12,14-16,18-19H2,1-3H3. The summed E-state index contributed by atoms with van der Waals surface area (Å²) in [5, 5.41) is 0. The van der Waals surface area contributed by atoms with Gasteiger partial charge in [0.05, 0.1) is 6.54 Å². The molecule has 1 saturated heterocycles. The number of piperidine rings is 1. The van der Waals surface area contributed by atoms with Crippen molar-refractivity contribution >= 4 is 0 Å². The van der Waals surface area contributed by atoms with Crippen LogP contribution in [-0.2, 0) is 19.5 Å². The normalized spacial score (nSPS) is 16.3. The van der Waals surface area contributed by atoms with Crippen molar-refractivity contribution in [1.82, 2.24) is 19.4 Å². The Morgan fingerprint density at radius 3 is 2.63 bits per heavy atom. The van der Waals surface area contributed by atoms with Crippen molar-refractivity contribution in [3.63, 3.8) is 0 Å². The zero-order valence-electron chi connectivity index (χ0n) is 17.4. The third-order valence-electron chi connectivity index (χ3n) is 6.14. The maximum atomic E-state index is 4.55. The topological polar surface area (TPSA) is 24.3 Å². The average Bonchev–Trinajstić information content (AvgIpc) is 3.15. The maximum absolute atomic E-state index is 4.55. The fourth-order valence-corrected chi connectivity index (χ4v) is 4.21. The smallest absolute Gasteiger partial charge is 0.122 e. The second kappa shape index (κ2) is 10.0. The molecule has 4 heteroatoms. The van der Waals surface area contributed by atoms with Gasteiger partial charge in [0.2, 0.25) is 0 Å². The molecular weight excluding hydrogens is 332 g/mol. The highest BCUT2D eigenvalue weighted by Gasteiger charge is 2.21. The van der Waals surface area contributed by atoms with Crippen LogP contribution in [0, 0.1) is 12.8 Å². The number of imidazole rings is 1. The minimum atomic E-state index is 0.824. The Balaban J connectivity index is 1.42. The number of aromatic nitrogens is 2. The molecule has 0 N–H and O–H groups in total. The first-order valence-electron chi connectivity index (χ1n) is 10.7. The maximum Gasteiger partial charge on any atom is 0.122 e. The van der Waals surface area contributed by atoms with Crippen LogP contribution in [0.2, 0.25) is 0 Å². The van der Waals surface area contributed by atoms with Crippen molar-refractivity contribution < 1.29 is 0 Å². The van der Waals surface area contributed by atoms with Gasteiger partial charge in [-0.15, -0.1) is 0 Å². The molecule has 27 heavy (non-hydrogen) atoms. The van der Waals surface area contributed by atoms with Crippen LogP contribution in [0.4, 0.5) is 0 Å². The summed E-state index contributed by atoms with van der Waals surface area (Å²) in [4.78, 5) is 9.78. The van der Waals surface area contributed by atoms with Gasteiger partial charge in [-0.2, -0.15) is 0 Å². The Morgan fingerprint density at radius 2 is 1.93 bits per heavy atom. The molecule has 0 aliphatic carbocycles. The third kappa shape index (κ3) is 5.66. The van der Waals surface area contributed by atoms with E-state index in [1.54, 1.807) is 0 Å². The number of nitrogens with zero attached hydrogens (tertiary/aromatic N) is 4. The van der Waals surface area contributed by atoms with Crippen LogP contribution < -0.4 is 0 Å². The molecule has 148 valence electrons. The molecule has 1 fully saturated rings. The highest BCUT2D eigenvalue weighted by atomic mass is 15.2. The van der Waals surface area contributed by atoms with Gasteiger partial charge in [-0.3, -0.25) is 4.90 Å². The summed E-state index contributed by atoms with van der Waals surface area (Å²) in [5.74, 6) is 2.03. The number of likely N-dealkylation sites (tertiary alicyclic amines) is 1. The van der Waals surface area contributed by atoms with Gasteiger partial charge >= 0.3 is 0 Å². The minimum Gasteiger partial charge on any atom is -0.334 e. The summed E-state index contributed by atoms with van der Waals surface area (Å²) in [6, 6.07) is 8.81. The van der Waals surface area contributed by atoms with Gasteiger partial charge < -0.3 is 9.47 Å². The molecule has 0 unspecified atom stereocenters. The lowest BCUT2D eigenvalue weighted by molar-refractivity contribution is 0.141. The zero-order chi connectivity index (χ0) is 19.1. The van der Waals surface area contributed by atoms with Crippen molar-refractivity contribution in [3.8, 4) is 0 Å². The summed E-state index contributed by atoms with van der Waals surface area (Å²) in [6.45, 7) is 14.7. The fourth-order valence-electron chi connectivity index (χ4n) is 4.21. The SMILES string of the molecule is CCN(Cc1nccn1CC)CC1CCN(CCc2ccccc2C)CC1. The van der Waals surface area contributed by atoms with Crippen LogP contribution in [-0.4, -0.2) is 52.1 Å². The molecule has 0 radical (unpaired) electrons. The lowest BCUT2D eigenvalue weighted by Crippen LogP contribution is -2.39. The molecule has 1 aromatic carbocycles. The Labute approximate surface area is 165 Å². The highest BCUT2D eigenvalue weighted by molar-refractivity contribution is 5.25. The molecule has 0 bridgehead atoms. The van der Waals surface area contributed by atoms with Gasteiger partial charge in [-0.1, -0.05) is 31.2 Å². The Kier molecular flexibility index (Phi) is 7.48. The second-order valence-corrected chi connectivity index (χ2v) is 7.92. The Morgan fingerprint density at radius 1 is 1.15 bits per heavy atom. The molecular formula is C23H36N4. The van der Waals surface area contributed by atoms with Crippen molar-refractivity contribution in [2.45, 2.75) is 53.1 Å². The van der Waals surface area contributed by atoms with Gasteiger partial charge in [0.15, 0.2) is 0 Å². The first kappa shape index (κ1) is 20.1. The molecule has 1 aliphatic heterocycles. The largest absolute Gasteiger partial charge is 0.334 e. The molecule has 4 nitrogen and oxygen atoms in total. The van der Waals surface area contributed by atoms with Gasteiger partial charge in [0, 0.05) is 32.0 Å². The van der Waals surface area contributed by atoms with E-state index in [9.17, 15) is 0 Å². The fraction of sp³-hybridized carbons (Fsp3) is 0.609. The van der Waals surface area contributed by atoms with Crippen LogP contribution in [0.25, 0.3) is 0 Å². The lowest BCUT2D eigenvalue weighted by Gasteiger charge is -2.34. The summed E-state index contributed by atoms with van der Waals surface area (Å²) in [6.07, 6.45) is 7.85. The number of hydrogen-bond donors (Lipinski definition) is 0. The van der Waals surface area contributed by atoms with E-state index in [0.717, 1.165) is 25.6 Å². The minimum absolute atomic E-state index is 0.824. The van der Waals surface area contributed by atoms with Gasteiger partial charge in [0.1, 0.15) is 5.82 Å². The number of rotatable bonds is 9. The van der Waals surface area contributed by atoms with Crippen molar-refractivity contribution in [2.75, 3.05) is 32.7 Å². The van der Waals surface area contributed by atoms with Gasteiger partial charge in [-0.05, 0) is 69.8 Å². The van der Waals surface area contributed by atoms with E-state index >= 15 is 0 Å². The van der Waals surface area contributed by atoms with Crippen LogP contribution in [0.5, 0.6) is 0 Å². The second-order valence-electron chi connectivity index (χ2n) is 7.92. The van der Waals surface area contributed by atoms with Crippen LogP contribution >= 0.6 is 0 Å². The zero-order valence-corrected chi connectivity index (χ0v) is 17.4. The summed E-state index contributed by atoms with van der Waals surface area (Å²) < 4.78 is 2.26. The Hall–Kier alpha value is -1.65. The lowest BCUT2D eigenvalue weighted by atomic mass is 9.95. The van der Waals surface area contributed by atoms with Crippen molar-refractivity contribution in [1.29, 1.82) is 0 Å². The molecule has 2 heterocycles. The third-order valence-corrected chi connectivity index (χ3v) is 6.14. The molecule has 0 saturated carbocycles. The quantitative estimate of drug-likeness (QED) is 0.669. The first-order chi connectivity index (χ1) is 13.2. The molecule has 1 aliphatic rings. The van der Waals surface area contributed by atoms with E-state index in [0.29, 0.717) is 0 Å². The molecule has 0 amide bonds. The monoisotopic (exact) mass is 368 g/mol. The van der Waals surface area contributed by atoms with Gasteiger partial charge in [0.25, 0.3) is 0 Å². The van der Waals surface area contributed by atoms with Crippen LogP contribution in [0.3, 0.4) is 0 Å². The van der Waals surface area contributed by atoms with Crippen LogP contribution in [0.15, 0.2) is 36.7 Å². The predicted octanol–water partition coefficient (Wildman–Crippen LogP) is 3.99. The van der Waals surface area contributed by atoms with Crippen molar-refractivity contribution in [3.05, 3.63) is 53.6 Å². The van der Waals surface area contributed by atoms with Crippen LogP contribution in [0.1, 0.15) is 43.6 Å². The van der Waals surface area contributed by atoms with E-state index in [1.165, 1.54) is 62.4 Å². The first-order valence-corrected chi connectivity index (χ1v) is 10.7.